The molecule has 2 N–H and O–H groups in total. The minimum atomic E-state index is -0.397. The van der Waals surface area contributed by atoms with Crippen LogP contribution in [0.2, 0.25) is 0 Å². The quantitative estimate of drug-likeness (QED) is 0.829. The van der Waals surface area contributed by atoms with Crippen molar-refractivity contribution in [1.82, 2.24) is 15.3 Å². The van der Waals surface area contributed by atoms with E-state index in [4.69, 9.17) is 0 Å². The number of halogens is 1. The lowest BCUT2D eigenvalue weighted by molar-refractivity contribution is 0.0952. The van der Waals surface area contributed by atoms with Crippen molar-refractivity contribution in [3.63, 3.8) is 0 Å². The number of para-hydroxylation sites is 1. The molecule has 2 rings (SSSR count). The van der Waals surface area contributed by atoms with E-state index in [-0.39, 0.29) is 17.3 Å². The van der Waals surface area contributed by atoms with Gasteiger partial charge in [0.25, 0.3) is 5.91 Å². The van der Waals surface area contributed by atoms with Crippen molar-refractivity contribution in [3.8, 4) is 0 Å². The summed E-state index contributed by atoms with van der Waals surface area (Å²) in [6.45, 7) is 5.53. The van der Waals surface area contributed by atoms with Crippen LogP contribution in [0.1, 0.15) is 16.3 Å². The van der Waals surface area contributed by atoms with E-state index in [0.29, 0.717) is 18.2 Å². The lowest BCUT2D eigenvalue weighted by atomic mass is 10.3. The first-order valence-corrected chi connectivity index (χ1v) is 6.36. The SMILES string of the molecule is C=CCNC(=O)c1cc(Nc2ccccc2F)nc(C)n1. The lowest BCUT2D eigenvalue weighted by Crippen LogP contribution is -2.24. The Kier molecular flexibility index (Phi) is 4.61. The number of nitrogens with one attached hydrogen (secondary N) is 2. The fourth-order valence-electron chi connectivity index (χ4n) is 1.70. The summed E-state index contributed by atoms with van der Waals surface area (Å²) in [6, 6.07) is 7.70. The van der Waals surface area contributed by atoms with Gasteiger partial charge in [0, 0.05) is 12.6 Å². The van der Waals surface area contributed by atoms with Crippen molar-refractivity contribution in [2.45, 2.75) is 6.92 Å². The minimum Gasteiger partial charge on any atom is -0.347 e. The second-order valence-electron chi connectivity index (χ2n) is 4.29. The second-order valence-corrected chi connectivity index (χ2v) is 4.29. The molecule has 21 heavy (non-hydrogen) atoms. The van der Waals surface area contributed by atoms with Crippen molar-refractivity contribution >= 4 is 17.4 Å². The highest BCUT2D eigenvalue weighted by Gasteiger charge is 2.10. The minimum absolute atomic E-state index is 0.211. The molecule has 0 aliphatic carbocycles. The Hall–Kier alpha value is -2.76. The first-order valence-electron chi connectivity index (χ1n) is 6.36. The molecule has 0 spiro atoms. The number of hydrogen-bond donors (Lipinski definition) is 2. The molecule has 0 atom stereocenters. The van der Waals surface area contributed by atoms with Crippen molar-refractivity contribution in [1.29, 1.82) is 0 Å². The van der Waals surface area contributed by atoms with E-state index in [1.165, 1.54) is 12.1 Å². The number of nitrogens with zero attached hydrogens (tertiary/aromatic N) is 2. The first kappa shape index (κ1) is 14.6. The highest BCUT2D eigenvalue weighted by Crippen LogP contribution is 2.18. The normalized spacial score (nSPS) is 10.0. The van der Waals surface area contributed by atoms with Crippen LogP contribution >= 0.6 is 0 Å². The third-order valence-electron chi connectivity index (χ3n) is 2.61. The zero-order valence-electron chi connectivity index (χ0n) is 11.6. The van der Waals surface area contributed by atoms with Gasteiger partial charge < -0.3 is 10.6 Å². The third-order valence-corrected chi connectivity index (χ3v) is 2.61. The van der Waals surface area contributed by atoms with Gasteiger partial charge in [0.1, 0.15) is 23.2 Å². The van der Waals surface area contributed by atoms with Crippen LogP contribution in [0, 0.1) is 12.7 Å². The van der Waals surface area contributed by atoms with Crippen molar-refractivity contribution < 1.29 is 9.18 Å². The van der Waals surface area contributed by atoms with Gasteiger partial charge in [-0.05, 0) is 19.1 Å². The summed E-state index contributed by atoms with van der Waals surface area (Å²) in [4.78, 5) is 20.1. The number of carbonyl (C=O) groups is 1. The molecule has 1 aromatic heterocycles. The summed E-state index contributed by atoms with van der Waals surface area (Å²) in [5.41, 5.74) is 0.497. The van der Waals surface area contributed by atoms with Gasteiger partial charge in [-0.1, -0.05) is 18.2 Å². The number of carbonyl (C=O) groups excluding carboxylic acids is 1. The smallest absolute Gasteiger partial charge is 0.270 e. The molecule has 6 heteroatoms. The molecule has 0 unspecified atom stereocenters. The number of amides is 1. The van der Waals surface area contributed by atoms with Crippen molar-refractivity contribution in [3.05, 3.63) is 60.3 Å². The average Bonchev–Trinajstić information content (AvgIpc) is 2.46. The van der Waals surface area contributed by atoms with Crippen LogP contribution in [0.3, 0.4) is 0 Å². The summed E-state index contributed by atoms with van der Waals surface area (Å²) in [7, 11) is 0. The molecule has 0 bridgehead atoms. The Balaban J connectivity index is 2.25. The lowest BCUT2D eigenvalue weighted by Gasteiger charge is -2.09. The molecule has 0 aliphatic rings. The summed E-state index contributed by atoms with van der Waals surface area (Å²) in [5.74, 6) is 0.0415. The van der Waals surface area contributed by atoms with Crippen LogP contribution in [0.15, 0.2) is 43.0 Å². The van der Waals surface area contributed by atoms with Crippen LogP contribution in [0.25, 0.3) is 0 Å². The largest absolute Gasteiger partial charge is 0.347 e. The van der Waals surface area contributed by atoms with Gasteiger partial charge in [0.2, 0.25) is 0 Å². The molecule has 108 valence electrons. The molecule has 0 saturated heterocycles. The van der Waals surface area contributed by atoms with Crippen molar-refractivity contribution in [2.24, 2.45) is 0 Å². The molecule has 1 heterocycles. The first-order chi connectivity index (χ1) is 10.1. The van der Waals surface area contributed by atoms with E-state index in [1.807, 2.05) is 0 Å². The van der Waals surface area contributed by atoms with Gasteiger partial charge in [0.05, 0.1) is 5.69 Å². The Bertz CT molecular complexity index is 672. The van der Waals surface area contributed by atoms with Crippen LogP contribution in [-0.4, -0.2) is 22.4 Å². The van der Waals surface area contributed by atoms with Crippen molar-refractivity contribution in [2.75, 3.05) is 11.9 Å². The van der Waals surface area contributed by atoms with Gasteiger partial charge >= 0.3 is 0 Å². The molecule has 2 aromatic rings. The van der Waals surface area contributed by atoms with E-state index in [9.17, 15) is 9.18 Å². The van der Waals surface area contributed by atoms with Gasteiger partial charge in [-0.25, -0.2) is 14.4 Å². The molecule has 0 aliphatic heterocycles. The number of anilines is 2. The number of benzene rings is 1. The van der Waals surface area contributed by atoms with E-state index in [1.54, 1.807) is 31.2 Å². The summed E-state index contributed by atoms with van der Waals surface area (Å²) >= 11 is 0. The topological polar surface area (TPSA) is 66.9 Å². The fraction of sp³-hybridized carbons (Fsp3) is 0.133. The molecule has 1 aromatic carbocycles. The Labute approximate surface area is 121 Å². The Morgan fingerprint density at radius 1 is 1.38 bits per heavy atom. The molecule has 0 saturated carbocycles. The predicted octanol–water partition coefficient (Wildman–Crippen LogP) is 2.58. The van der Waals surface area contributed by atoms with E-state index in [2.05, 4.69) is 27.2 Å². The zero-order valence-corrected chi connectivity index (χ0v) is 11.6. The van der Waals surface area contributed by atoms with Gasteiger partial charge in [-0.15, -0.1) is 6.58 Å². The molecule has 0 fully saturated rings. The number of aromatic nitrogens is 2. The highest BCUT2D eigenvalue weighted by atomic mass is 19.1. The predicted molar refractivity (Wildman–Crippen MR) is 79.0 cm³/mol. The number of aryl methyl sites for hydroxylation is 1. The maximum absolute atomic E-state index is 13.6. The number of hydrogen-bond acceptors (Lipinski definition) is 4. The zero-order chi connectivity index (χ0) is 15.2. The standard InChI is InChI=1S/C15H15FN4O/c1-3-8-17-15(21)13-9-14(19-10(2)18-13)20-12-7-5-4-6-11(12)16/h3-7,9H,1,8H2,2H3,(H,17,21)(H,18,19,20). The molecular weight excluding hydrogens is 271 g/mol. The average molecular weight is 286 g/mol. The summed E-state index contributed by atoms with van der Waals surface area (Å²) < 4.78 is 13.6. The van der Waals surface area contributed by atoms with Crippen LogP contribution in [0.5, 0.6) is 0 Å². The van der Waals surface area contributed by atoms with E-state index < -0.39 is 5.82 Å². The maximum Gasteiger partial charge on any atom is 0.270 e. The Morgan fingerprint density at radius 3 is 2.86 bits per heavy atom. The van der Waals surface area contributed by atoms with E-state index >= 15 is 0 Å². The summed E-state index contributed by atoms with van der Waals surface area (Å²) in [6.07, 6.45) is 1.57. The maximum atomic E-state index is 13.6. The second kappa shape index (κ2) is 6.60. The molecular formula is C15H15FN4O. The Morgan fingerprint density at radius 2 is 2.14 bits per heavy atom. The third kappa shape index (κ3) is 3.85. The monoisotopic (exact) mass is 286 g/mol. The van der Waals surface area contributed by atoms with Gasteiger partial charge in [-0.3, -0.25) is 4.79 Å². The molecule has 0 radical (unpaired) electrons. The van der Waals surface area contributed by atoms with Crippen LogP contribution in [0.4, 0.5) is 15.9 Å². The van der Waals surface area contributed by atoms with Crippen LogP contribution in [-0.2, 0) is 0 Å². The molecule has 1 amide bonds. The van der Waals surface area contributed by atoms with Gasteiger partial charge in [-0.2, -0.15) is 0 Å². The summed E-state index contributed by atoms with van der Waals surface area (Å²) in [5, 5.41) is 5.47. The van der Waals surface area contributed by atoms with Gasteiger partial charge in [0.15, 0.2) is 0 Å². The molecule has 5 nitrogen and oxygen atoms in total. The fourth-order valence-corrected chi connectivity index (χ4v) is 1.70. The number of rotatable bonds is 5. The highest BCUT2D eigenvalue weighted by molar-refractivity contribution is 5.93. The van der Waals surface area contributed by atoms with E-state index in [0.717, 1.165) is 0 Å². The van der Waals surface area contributed by atoms with Crippen LogP contribution < -0.4 is 10.6 Å².